The van der Waals surface area contributed by atoms with E-state index in [2.05, 4.69) is 5.16 Å². The maximum atomic E-state index is 5.71. The Labute approximate surface area is 87.6 Å². The molecule has 1 aromatic carbocycles. The lowest BCUT2D eigenvalue weighted by molar-refractivity contribution is 0.401. The molecule has 0 amide bonds. The second-order valence-electron chi connectivity index (χ2n) is 3.23. The van der Waals surface area contributed by atoms with E-state index in [9.17, 15) is 0 Å². The van der Waals surface area contributed by atoms with Gasteiger partial charge in [-0.2, -0.15) is 0 Å². The summed E-state index contributed by atoms with van der Waals surface area (Å²) in [4.78, 5) is 0. The van der Waals surface area contributed by atoms with Gasteiger partial charge in [-0.1, -0.05) is 17.3 Å². The lowest BCUT2D eigenvalue weighted by Gasteiger charge is -2.02. The first kappa shape index (κ1) is 9.58. The van der Waals surface area contributed by atoms with Crippen molar-refractivity contribution in [2.45, 2.75) is 6.92 Å². The van der Waals surface area contributed by atoms with Gasteiger partial charge in [0, 0.05) is 0 Å². The number of anilines is 1. The Morgan fingerprint density at radius 1 is 1.27 bits per heavy atom. The molecule has 2 rings (SSSR count). The monoisotopic (exact) mass is 204 g/mol. The van der Waals surface area contributed by atoms with E-state index in [1.54, 1.807) is 7.11 Å². The number of nitrogens with two attached hydrogens (primary N) is 1. The van der Waals surface area contributed by atoms with Gasteiger partial charge in [0.1, 0.15) is 11.5 Å². The van der Waals surface area contributed by atoms with Crippen LogP contribution in [0.25, 0.3) is 11.1 Å². The highest BCUT2D eigenvalue weighted by Gasteiger charge is 2.11. The first-order valence-electron chi connectivity index (χ1n) is 4.58. The number of hydrogen-bond acceptors (Lipinski definition) is 4. The lowest BCUT2D eigenvalue weighted by Crippen LogP contribution is -1.89. The summed E-state index contributed by atoms with van der Waals surface area (Å²) in [7, 11) is 1.63. The van der Waals surface area contributed by atoms with E-state index in [1.165, 1.54) is 0 Å². The highest BCUT2D eigenvalue weighted by Crippen LogP contribution is 2.29. The molecule has 0 spiro atoms. The quantitative estimate of drug-likeness (QED) is 0.814. The van der Waals surface area contributed by atoms with Crippen molar-refractivity contribution in [2.24, 2.45) is 0 Å². The standard InChI is InChI=1S/C11H12N2O2/c1-7-10(11(12)13-15-7)8-3-5-9(14-2)6-4-8/h3-6H,1-2H3,(H2,12,13). The molecule has 0 aliphatic heterocycles. The molecule has 15 heavy (non-hydrogen) atoms. The van der Waals surface area contributed by atoms with Crippen molar-refractivity contribution in [3.05, 3.63) is 30.0 Å². The molecule has 0 saturated carbocycles. The van der Waals surface area contributed by atoms with E-state index < -0.39 is 0 Å². The predicted octanol–water partition coefficient (Wildman–Crippen LogP) is 2.24. The minimum absolute atomic E-state index is 0.415. The number of benzene rings is 1. The highest BCUT2D eigenvalue weighted by molar-refractivity contribution is 5.75. The normalized spacial score (nSPS) is 10.3. The molecule has 0 atom stereocenters. The van der Waals surface area contributed by atoms with Crippen LogP contribution < -0.4 is 10.5 Å². The van der Waals surface area contributed by atoms with Crippen molar-refractivity contribution in [2.75, 3.05) is 12.8 Å². The average Bonchev–Trinajstić information content (AvgIpc) is 2.59. The van der Waals surface area contributed by atoms with E-state index in [0.29, 0.717) is 5.82 Å². The maximum Gasteiger partial charge on any atom is 0.175 e. The zero-order valence-corrected chi connectivity index (χ0v) is 8.65. The number of methoxy groups -OCH3 is 1. The second-order valence-corrected chi connectivity index (χ2v) is 3.23. The molecule has 4 heteroatoms. The van der Waals surface area contributed by atoms with Gasteiger partial charge in [0.05, 0.1) is 12.7 Å². The van der Waals surface area contributed by atoms with Crippen molar-refractivity contribution in [3.63, 3.8) is 0 Å². The fourth-order valence-corrected chi connectivity index (χ4v) is 1.50. The van der Waals surface area contributed by atoms with Gasteiger partial charge in [-0.05, 0) is 24.6 Å². The first-order valence-corrected chi connectivity index (χ1v) is 4.58. The summed E-state index contributed by atoms with van der Waals surface area (Å²) >= 11 is 0. The number of hydrogen-bond donors (Lipinski definition) is 1. The topological polar surface area (TPSA) is 61.3 Å². The van der Waals surface area contributed by atoms with E-state index in [1.807, 2.05) is 31.2 Å². The summed E-state index contributed by atoms with van der Waals surface area (Å²) in [5.41, 5.74) is 7.53. The molecule has 0 aliphatic rings. The molecular formula is C11H12N2O2. The number of ether oxygens (including phenoxy) is 1. The van der Waals surface area contributed by atoms with Crippen LogP contribution in [0.2, 0.25) is 0 Å². The SMILES string of the molecule is COc1ccc(-c2c(N)noc2C)cc1. The summed E-state index contributed by atoms with van der Waals surface area (Å²) in [5, 5.41) is 3.71. The van der Waals surface area contributed by atoms with Crippen LogP contribution >= 0.6 is 0 Å². The van der Waals surface area contributed by atoms with Crippen LogP contribution in [-0.4, -0.2) is 12.3 Å². The Bertz CT molecular complexity index is 440. The molecular weight excluding hydrogens is 192 g/mol. The number of nitrogens with zero attached hydrogens (tertiary/aromatic N) is 1. The van der Waals surface area contributed by atoms with Crippen LogP contribution in [0.15, 0.2) is 28.8 Å². The van der Waals surface area contributed by atoms with Crippen LogP contribution in [0.5, 0.6) is 5.75 Å². The number of aryl methyl sites for hydroxylation is 1. The zero-order valence-electron chi connectivity index (χ0n) is 8.65. The van der Waals surface area contributed by atoms with Crippen molar-refractivity contribution in [3.8, 4) is 16.9 Å². The molecule has 78 valence electrons. The minimum atomic E-state index is 0.415. The fourth-order valence-electron chi connectivity index (χ4n) is 1.50. The minimum Gasteiger partial charge on any atom is -0.497 e. The van der Waals surface area contributed by atoms with Crippen LogP contribution in [0.4, 0.5) is 5.82 Å². The van der Waals surface area contributed by atoms with E-state index in [4.69, 9.17) is 15.0 Å². The summed E-state index contributed by atoms with van der Waals surface area (Å²) < 4.78 is 10.1. The molecule has 1 heterocycles. The molecule has 1 aromatic heterocycles. The second kappa shape index (κ2) is 3.65. The Hall–Kier alpha value is -1.97. The Morgan fingerprint density at radius 3 is 2.40 bits per heavy atom. The number of aromatic nitrogens is 1. The molecule has 0 saturated heterocycles. The summed E-state index contributed by atoms with van der Waals surface area (Å²) in [5.74, 6) is 1.95. The molecule has 0 aliphatic carbocycles. The summed E-state index contributed by atoms with van der Waals surface area (Å²) in [6, 6.07) is 7.60. The first-order chi connectivity index (χ1) is 7.22. The van der Waals surface area contributed by atoms with Crippen molar-refractivity contribution in [1.82, 2.24) is 5.16 Å². The van der Waals surface area contributed by atoms with Gasteiger partial charge in [-0.15, -0.1) is 0 Å². The van der Waals surface area contributed by atoms with Gasteiger partial charge in [0.25, 0.3) is 0 Å². The zero-order chi connectivity index (χ0) is 10.8. The Balaban J connectivity index is 2.45. The predicted molar refractivity (Wildman–Crippen MR) is 57.6 cm³/mol. The Kier molecular flexibility index (Phi) is 2.33. The third-order valence-electron chi connectivity index (χ3n) is 2.27. The maximum absolute atomic E-state index is 5.71. The number of nitrogen functional groups attached to an aromatic ring is 1. The van der Waals surface area contributed by atoms with Gasteiger partial charge in [-0.25, -0.2) is 0 Å². The van der Waals surface area contributed by atoms with Crippen LogP contribution in [0.3, 0.4) is 0 Å². The van der Waals surface area contributed by atoms with E-state index in [0.717, 1.165) is 22.6 Å². The largest absolute Gasteiger partial charge is 0.497 e. The molecule has 0 bridgehead atoms. The molecule has 4 nitrogen and oxygen atoms in total. The van der Waals surface area contributed by atoms with Gasteiger partial charge in [0.2, 0.25) is 0 Å². The van der Waals surface area contributed by atoms with Crippen LogP contribution in [0.1, 0.15) is 5.76 Å². The average molecular weight is 204 g/mol. The summed E-state index contributed by atoms with van der Waals surface area (Å²) in [6.45, 7) is 1.84. The third kappa shape index (κ3) is 1.66. The van der Waals surface area contributed by atoms with Gasteiger partial charge in [0.15, 0.2) is 5.82 Å². The van der Waals surface area contributed by atoms with Gasteiger partial charge >= 0.3 is 0 Å². The van der Waals surface area contributed by atoms with Crippen LogP contribution in [-0.2, 0) is 0 Å². The molecule has 0 unspecified atom stereocenters. The number of rotatable bonds is 2. The van der Waals surface area contributed by atoms with Crippen molar-refractivity contribution >= 4 is 5.82 Å². The molecule has 2 aromatic rings. The fraction of sp³-hybridized carbons (Fsp3) is 0.182. The van der Waals surface area contributed by atoms with Gasteiger partial charge < -0.3 is 15.0 Å². The van der Waals surface area contributed by atoms with Crippen molar-refractivity contribution in [1.29, 1.82) is 0 Å². The summed E-state index contributed by atoms with van der Waals surface area (Å²) in [6.07, 6.45) is 0. The third-order valence-corrected chi connectivity index (χ3v) is 2.27. The Morgan fingerprint density at radius 2 is 1.93 bits per heavy atom. The van der Waals surface area contributed by atoms with Crippen molar-refractivity contribution < 1.29 is 9.26 Å². The van der Waals surface area contributed by atoms with Crippen LogP contribution in [0, 0.1) is 6.92 Å². The smallest absolute Gasteiger partial charge is 0.175 e. The highest BCUT2D eigenvalue weighted by atomic mass is 16.5. The molecule has 2 N–H and O–H groups in total. The molecule has 0 fully saturated rings. The van der Waals surface area contributed by atoms with Gasteiger partial charge in [-0.3, -0.25) is 0 Å². The van der Waals surface area contributed by atoms with E-state index in [-0.39, 0.29) is 0 Å². The molecule has 0 radical (unpaired) electrons. The lowest BCUT2D eigenvalue weighted by atomic mass is 10.1. The van der Waals surface area contributed by atoms with E-state index >= 15 is 0 Å².